The smallest absolute Gasteiger partial charge is 0.337 e. The van der Waals surface area contributed by atoms with Gasteiger partial charge in [0.05, 0.1) is 45.5 Å². The fraction of sp³-hybridized carbons (Fsp3) is 0.410. The number of amides is 5. The van der Waals surface area contributed by atoms with Crippen LogP contribution in [-0.2, 0) is 67.0 Å². The van der Waals surface area contributed by atoms with Gasteiger partial charge in [-0.15, -0.1) is 11.3 Å². The average molecular weight is 1670 g/mol. The van der Waals surface area contributed by atoms with Gasteiger partial charge in [-0.05, 0) is 202 Å². The average Bonchev–Trinajstić information content (AvgIpc) is 1.35. The Morgan fingerprint density at radius 2 is 0.871 bits per heavy atom. The molecule has 9 heterocycles. The zero-order valence-electron chi connectivity index (χ0n) is 62.4. The number of carbonyl (C=O) groups excluding carboxylic acids is 5. The molecule has 0 aliphatic carbocycles. The molecule has 6 fully saturated rings. The van der Waals surface area contributed by atoms with Crippen molar-refractivity contribution in [2.45, 2.75) is 187 Å². The van der Waals surface area contributed by atoms with Crippen LogP contribution in [-0.4, -0.2) is 142 Å². The van der Waals surface area contributed by atoms with Gasteiger partial charge in [0.25, 0.3) is 17.7 Å². The second kappa shape index (κ2) is 35.0. The minimum Gasteiger partial charge on any atom is -0.337 e. The van der Waals surface area contributed by atoms with Gasteiger partial charge in [-0.2, -0.15) is 13.2 Å². The lowest BCUT2D eigenvalue weighted by molar-refractivity contribution is -0.141. The van der Waals surface area contributed by atoms with Gasteiger partial charge in [0, 0.05) is 91.0 Å². The molecule has 0 radical (unpaired) electrons. The number of hydrogen-bond acceptors (Lipinski definition) is 15. The van der Waals surface area contributed by atoms with Gasteiger partial charge in [-0.3, -0.25) is 28.9 Å². The quantitative estimate of drug-likeness (QED) is 0.0246. The maximum atomic E-state index is 14.2. The van der Waals surface area contributed by atoms with E-state index in [1.807, 2.05) is 15.9 Å². The van der Waals surface area contributed by atoms with Gasteiger partial charge >= 0.3 is 6.18 Å². The summed E-state index contributed by atoms with van der Waals surface area (Å²) in [5, 5.41) is 0.619. The molecule has 0 saturated carbocycles. The van der Waals surface area contributed by atoms with Crippen LogP contribution in [0.5, 0.6) is 0 Å². The minimum absolute atomic E-state index is 0.00854. The number of alkyl halides is 3. The summed E-state index contributed by atoms with van der Waals surface area (Å²) in [4.78, 5) is 79.4. The lowest BCUT2D eigenvalue weighted by atomic mass is 9.82. The molecule has 7 aliphatic heterocycles. The Morgan fingerprint density at radius 3 is 1.29 bits per heavy atom. The number of thiophene rings is 1. The van der Waals surface area contributed by atoms with Gasteiger partial charge in [0.2, 0.25) is 26.8 Å². The summed E-state index contributed by atoms with van der Waals surface area (Å²) in [5.74, 6) is -12.3. The summed E-state index contributed by atoms with van der Waals surface area (Å²) in [6, 6.07) is 28.3. The lowest BCUT2D eigenvalue weighted by Crippen LogP contribution is -2.50. The third-order valence-corrected chi connectivity index (χ3v) is 27.4. The van der Waals surface area contributed by atoms with Crippen molar-refractivity contribution in [1.82, 2.24) is 29.6 Å². The Bertz CT molecular complexity index is 5190. The van der Waals surface area contributed by atoms with E-state index in [0.29, 0.717) is 108 Å². The summed E-state index contributed by atoms with van der Waals surface area (Å²) in [7, 11) is -7.87. The maximum Gasteiger partial charge on any atom is 0.433 e. The maximum absolute atomic E-state index is 14.2. The Labute approximate surface area is 665 Å². The normalized spacial score (nSPS) is 22.4. The molecule has 15 rings (SSSR count). The van der Waals surface area contributed by atoms with E-state index in [4.69, 9.17) is 17.2 Å². The van der Waals surface area contributed by atoms with Gasteiger partial charge in [0.15, 0.2) is 44.7 Å². The first-order chi connectivity index (χ1) is 55.1. The van der Waals surface area contributed by atoms with Crippen molar-refractivity contribution < 1.29 is 93.5 Å². The second-order valence-electron chi connectivity index (χ2n) is 31.1. The largest absolute Gasteiger partial charge is 0.433 e. The van der Waals surface area contributed by atoms with Gasteiger partial charge < -0.3 is 31.9 Å². The first-order valence-electron chi connectivity index (χ1n) is 38.2. The first-order valence-corrected chi connectivity index (χ1v) is 42.6. The number of halogens is 12. The van der Waals surface area contributed by atoms with E-state index in [2.05, 4.69) is 9.97 Å². The number of imide groups is 1. The van der Waals surface area contributed by atoms with Crippen molar-refractivity contribution in [2.24, 2.45) is 35.0 Å². The highest BCUT2D eigenvalue weighted by Gasteiger charge is 2.49. The van der Waals surface area contributed by atoms with E-state index in [-0.39, 0.29) is 144 Å². The Hall–Kier alpha value is -9.41. The molecular weight excluding hydrogens is 1590 g/mol. The van der Waals surface area contributed by atoms with E-state index < -0.39 is 125 Å². The molecule has 3 unspecified atom stereocenters. The minimum atomic E-state index is -4.91. The Morgan fingerprint density at radius 1 is 0.466 bits per heavy atom. The number of aromatic nitrogens is 2. The zero-order valence-corrected chi connectivity index (χ0v) is 64.9. The van der Waals surface area contributed by atoms with E-state index in [1.54, 1.807) is 89.1 Å². The van der Waals surface area contributed by atoms with E-state index >= 15 is 0 Å². The third kappa shape index (κ3) is 19.1. The van der Waals surface area contributed by atoms with Crippen LogP contribution >= 0.6 is 11.3 Å². The number of fused-ring (bicyclic) bond motifs is 7. The predicted octanol–water partition coefficient (Wildman–Crippen LogP) is 13.7. The standard InChI is InChI=1S/C31H28F3N3O3.C27H26F6N4O3S2.C25H29F3N2O3S/c32-25-15-27(34)26(33)13-19(25)14-28(35)20-11-21-8-9-22(12-20)37(21)29(38)18-5-3-4-17(10-18)16-36-30(39)23-6-1-2-7-24(23)31(36)40;28-18-12-20(30)19(29)10-14(18)11-21(34)15-8-16-3-4-17(9-15)37(16)25(38)5-7-42(39,40)26-35-22(23-2-1-6-41-23)13-24(36-26)27(31,32)33;26-21-14-23(28)22(27)12-17(21)13-24(29)18-10-19-6-7-20(11-18)30(19)25(31)8-9-34(32,33)15-16-4-2-1-3-5-16/h1-7,10,13,15,20-22,28H,8-9,11-12,14,16,35H2;1-2,6,10,12-13,15-17,21H,3-5,7-9,11,34H2;1-5,12,14,18-20,24H,6-11,13,15,29H2/t20?,21-,22+,28-;15?,16-,17+,21-;18?,19-,20+,24-/m111/s1. The predicted molar refractivity (Wildman–Crippen MR) is 405 cm³/mol. The summed E-state index contributed by atoms with van der Waals surface area (Å²) in [6.45, 7) is 0.0673. The van der Waals surface area contributed by atoms with Crippen LogP contribution in [0.3, 0.4) is 0 Å². The van der Waals surface area contributed by atoms with Gasteiger partial charge in [-0.25, -0.2) is 66.3 Å². The monoisotopic (exact) mass is 1670 g/mol. The molecule has 6 bridgehead atoms. The highest BCUT2D eigenvalue weighted by Crippen LogP contribution is 2.45. The molecule has 2 aromatic heterocycles. The SMILES string of the molecule is N[C@H](Cc1cc(F)c(F)cc1F)C1C[C@H]2CC[C@@H](C1)N2C(=O)CCS(=O)(=O)Cc1ccccc1.N[C@H](Cc1cc(F)c(F)cc1F)C1C[C@H]2CC[C@@H](C1)N2C(=O)CCS(=O)(=O)c1nc(-c2cccs2)cc(C(F)(F)F)n1.N[C@H](Cc1cc(F)c(F)cc1F)C1C[C@H]2CC[C@@H](C1)N2C(=O)c1cccc(CN2C(=O)c3ccccc3C2=O)c1. The molecule has 116 heavy (non-hydrogen) atoms. The fourth-order valence-corrected chi connectivity index (χ4v) is 20.9. The molecule has 6 saturated heterocycles. The van der Waals surface area contributed by atoms with Crippen molar-refractivity contribution in [3.63, 3.8) is 0 Å². The summed E-state index contributed by atoms with van der Waals surface area (Å²) >= 11 is 1.09. The van der Waals surface area contributed by atoms with Crippen LogP contribution < -0.4 is 17.2 Å². The van der Waals surface area contributed by atoms with E-state index in [9.17, 15) is 93.5 Å². The number of benzene rings is 6. The molecule has 33 heteroatoms. The van der Waals surface area contributed by atoms with Crippen molar-refractivity contribution in [2.75, 3.05) is 11.5 Å². The van der Waals surface area contributed by atoms with E-state index in [1.165, 1.54) is 11.0 Å². The van der Waals surface area contributed by atoms with Crippen LogP contribution in [0.2, 0.25) is 0 Å². The Kier molecular flexibility index (Phi) is 25.5. The first kappa shape index (κ1) is 84.5. The van der Waals surface area contributed by atoms with Crippen molar-refractivity contribution >= 4 is 60.5 Å². The number of sulfone groups is 2. The van der Waals surface area contributed by atoms with Gasteiger partial charge in [0.1, 0.15) is 23.1 Å². The van der Waals surface area contributed by atoms with Crippen LogP contribution in [0.1, 0.15) is 154 Å². The van der Waals surface area contributed by atoms with Crippen LogP contribution in [0.4, 0.5) is 52.7 Å². The molecule has 6 aromatic carbocycles. The summed E-state index contributed by atoms with van der Waals surface area (Å²) in [6.07, 6.45) is 2.75. The summed E-state index contributed by atoms with van der Waals surface area (Å²) in [5.41, 5.74) is 20.2. The Balaban J connectivity index is 0.000000152. The topological polar surface area (TPSA) is 270 Å². The van der Waals surface area contributed by atoms with E-state index in [0.717, 1.165) is 55.2 Å². The number of carbonyl (C=O) groups is 5. The molecule has 0 spiro atoms. The van der Waals surface area contributed by atoms with Gasteiger partial charge in [-0.1, -0.05) is 60.7 Å². The van der Waals surface area contributed by atoms with Crippen molar-refractivity contribution in [1.29, 1.82) is 0 Å². The third-order valence-electron chi connectivity index (χ3n) is 23.5. The molecule has 12 atom stereocenters. The van der Waals surface area contributed by atoms with Crippen molar-refractivity contribution in [3.05, 3.63) is 241 Å². The number of rotatable bonds is 22. The lowest BCUT2D eigenvalue weighted by Gasteiger charge is -2.41. The molecule has 7 aliphatic rings. The number of hydrogen-bond donors (Lipinski definition) is 3. The number of nitrogens with zero attached hydrogens (tertiary/aromatic N) is 6. The molecule has 8 aromatic rings. The molecule has 616 valence electrons. The molecule has 5 amide bonds. The molecule has 18 nitrogen and oxygen atoms in total. The van der Waals surface area contributed by atoms with Crippen molar-refractivity contribution in [3.8, 4) is 10.6 Å². The molecular formula is C83H83F12N9O9S3. The number of piperidine rings is 3. The summed E-state index contributed by atoms with van der Waals surface area (Å²) < 4.78 is 215. The zero-order chi connectivity index (χ0) is 83.0. The second-order valence-corrected chi connectivity index (χ2v) is 36.2. The fourth-order valence-electron chi connectivity index (χ4n) is 17.8. The van der Waals surface area contributed by atoms with Crippen LogP contribution in [0.25, 0.3) is 10.6 Å². The number of nitrogens with two attached hydrogens (primary N) is 3. The van der Waals surface area contributed by atoms with Crippen LogP contribution in [0.15, 0.2) is 144 Å². The highest BCUT2D eigenvalue weighted by molar-refractivity contribution is 7.91. The molecule has 6 N–H and O–H groups in total. The van der Waals surface area contributed by atoms with Crippen LogP contribution in [0, 0.1) is 70.1 Å². The highest BCUT2D eigenvalue weighted by atomic mass is 32.2.